The lowest BCUT2D eigenvalue weighted by molar-refractivity contribution is -0.0724. The average Bonchev–Trinajstić information content (AvgIpc) is 1.88. The molecule has 0 fully saturated rings. The van der Waals surface area contributed by atoms with E-state index >= 15 is 0 Å². The summed E-state index contributed by atoms with van der Waals surface area (Å²) in [5, 5.41) is 9.03. The fourth-order valence-corrected chi connectivity index (χ4v) is 0.482. The largest absolute Gasteiger partial charge is 0.364 e. The molecule has 0 aliphatic carbocycles. The van der Waals surface area contributed by atoms with Gasteiger partial charge < -0.3 is 9.84 Å². The molecule has 2 nitrogen and oxygen atoms in total. The lowest BCUT2D eigenvalue weighted by Crippen LogP contribution is -2.13. The second-order valence-electron chi connectivity index (χ2n) is 2.42. The van der Waals surface area contributed by atoms with Crippen molar-refractivity contribution in [2.24, 2.45) is 0 Å². The Bertz CT molecular complexity index is 99.4. The van der Waals surface area contributed by atoms with Gasteiger partial charge in [0.1, 0.15) is 0 Å². The number of aliphatic hydroxyl groups is 1. The number of hydrogen-bond donors (Lipinski definition) is 1. The second kappa shape index (κ2) is 5.45. The normalized spacial score (nSPS) is 13.1. The quantitative estimate of drug-likeness (QED) is 0.361. The van der Waals surface area contributed by atoms with E-state index in [1.807, 2.05) is 0 Å². The number of aliphatic hydroxyl groups excluding tert-OH is 1. The van der Waals surface area contributed by atoms with Gasteiger partial charge in [0.25, 0.3) is 0 Å². The third-order valence-corrected chi connectivity index (χ3v) is 1.20. The molecule has 0 aliphatic rings. The Balaban J connectivity index is 3.21. The van der Waals surface area contributed by atoms with Gasteiger partial charge in [0.15, 0.2) is 6.29 Å². The third kappa shape index (κ3) is 4.53. The van der Waals surface area contributed by atoms with E-state index in [2.05, 4.69) is 13.5 Å². The van der Waals surface area contributed by atoms with Crippen LogP contribution in [0.1, 0.15) is 26.7 Å². The molecular weight excluding hydrogens is 128 g/mol. The minimum absolute atomic E-state index is 0.616. The van der Waals surface area contributed by atoms with Crippen LogP contribution in [0.4, 0.5) is 0 Å². The van der Waals surface area contributed by atoms with Crippen molar-refractivity contribution in [3.8, 4) is 0 Å². The fraction of sp³-hybridized carbons (Fsp3) is 0.750. The highest BCUT2D eigenvalue weighted by Gasteiger charge is 2.01. The molecule has 0 radical (unpaired) electrons. The van der Waals surface area contributed by atoms with Gasteiger partial charge in [-0.3, -0.25) is 0 Å². The highest BCUT2D eigenvalue weighted by atomic mass is 16.6. The number of unbranched alkanes of at least 4 members (excludes halogenated alkanes) is 1. The molecule has 0 saturated carbocycles. The number of hydrogen-bond acceptors (Lipinski definition) is 2. The molecule has 0 bridgehead atoms. The monoisotopic (exact) mass is 144 g/mol. The summed E-state index contributed by atoms with van der Waals surface area (Å²) >= 11 is 0. The van der Waals surface area contributed by atoms with E-state index in [9.17, 15) is 0 Å². The van der Waals surface area contributed by atoms with Crippen LogP contribution < -0.4 is 0 Å². The first-order chi connectivity index (χ1) is 4.68. The molecule has 0 aromatic heterocycles. The van der Waals surface area contributed by atoms with E-state index in [1.54, 1.807) is 6.92 Å². The van der Waals surface area contributed by atoms with Crippen molar-refractivity contribution < 1.29 is 9.84 Å². The molecule has 10 heavy (non-hydrogen) atoms. The maximum atomic E-state index is 9.03. The zero-order valence-electron chi connectivity index (χ0n) is 6.76. The fourth-order valence-electron chi connectivity index (χ4n) is 0.482. The van der Waals surface area contributed by atoms with Gasteiger partial charge in [0.2, 0.25) is 0 Å². The van der Waals surface area contributed by atoms with Gasteiger partial charge in [-0.25, -0.2) is 0 Å². The van der Waals surface area contributed by atoms with E-state index in [4.69, 9.17) is 9.84 Å². The molecule has 1 N–H and O–H groups in total. The van der Waals surface area contributed by atoms with Crippen LogP contribution in [-0.4, -0.2) is 18.0 Å². The van der Waals surface area contributed by atoms with E-state index in [-0.39, 0.29) is 0 Å². The van der Waals surface area contributed by atoms with Crippen LogP contribution in [0.5, 0.6) is 0 Å². The highest BCUT2D eigenvalue weighted by Crippen LogP contribution is 2.00. The van der Waals surface area contributed by atoms with Crippen LogP contribution in [0.3, 0.4) is 0 Å². The van der Waals surface area contributed by atoms with Crippen molar-refractivity contribution >= 4 is 0 Å². The van der Waals surface area contributed by atoms with Gasteiger partial charge in [0.05, 0.1) is 6.61 Å². The summed E-state index contributed by atoms with van der Waals surface area (Å²) in [5.74, 6) is 0. The van der Waals surface area contributed by atoms with Gasteiger partial charge in [-0.2, -0.15) is 0 Å². The summed E-state index contributed by atoms with van der Waals surface area (Å²) in [4.78, 5) is 0. The molecule has 2 heteroatoms. The average molecular weight is 144 g/mol. The first-order valence-corrected chi connectivity index (χ1v) is 3.63. The maximum absolute atomic E-state index is 9.03. The first kappa shape index (κ1) is 9.66. The molecule has 0 aliphatic heterocycles. The van der Waals surface area contributed by atoms with Crippen LogP contribution in [0.25, 0.3) is 0 Å². The zero-order chi connectivity index (χ0) is 7.98. The third-order valence-electron chi connectivity index (χ3n) is 1.20. The molecule has 60 valence electrons. The molecular formula is C8H16O2. The van der Waals surface area contributed by atoms with Crippen LogP contribution in [0.2, 0.25) is 0 Å². The Hall–Kier alpha value is -0.340. The van der Waals surface area contributed by atoms with Crippen molar-refractivity contribution in [2.45, 2.75) is 33.0 Å². The van der Waals surface area contributed by atoms with Gasteiger partial charge in [0, 0.05) is 0 Å². The van der Waals surface area contributed by atoms with Crippen molar-refractivity contribution in [1.82, 2.24) is 0 Å². The predicted molar refractivity (Wildman–Crippen MR) is 41.7 cm³/mol. The minimum Gasteiger partial charge on any atom is -0.364 e. The van der Waals surface area contributed by atoms with Crippen LogP contribution in [0.15, 0.2) is 12.2 Å². The second-order valence-corrected chi connectivity index (χ2v) is 2.42. The standard InChI is InChI=1S/C8H16O2/c1-4-5-6-10-8(9)7(2)3/h8-9H,2,4-6H2,1,3H3/t8-/m1/s1. The van der Waals surface area contributed by atoms with Crippen molar-refractivity contribution in [2.75, 3.05) is 6.61 Å². The molecule has 0 aromatic carbocycles. The van der Waals surface area contributed by atoms with Gasteiger partial charge in [-0.05, 0) is 18.9 Å². The smallest absolute Gasteiger partial charge is 0.176 e. The van der Waals surface area contributed by atoms with Gasteiger partial charge in [-0.1, -0.05) is 19.9 Å². The molecule has 0 heterocycles. The molecule has 0 amide bonds. The lowest BCUT2D eigenvalue weighted by Gasteiger charge is -2.10. The summed E-state index contributed by atoms with van der Waals surface area (Å²) in [6.07, 6.45) is 1.30. The maximum Gasteiger partial charge on any atom is 0.176 e. The van der Waals surface area contributed by atoms with E-state index < -0.39 is 6.29 Å². The summed E-state index contributed by atoms with van der Waals surface area (Å²) in [6.45, 7) is 8.00. The Morgan fingerprint density at radius 1 is 1.70 bits per heavy atom. The molecule has 0 rings (SSSR count). The Morgan fingerprint density at radius 3 is 2.70 bits per heavy atom. The van der Waals surface area contributed by atoms with Crippen molar-refractivity contribution in [3.63, 3.8) is 0 Å². The lowest BCUT2D eigenvalue weighted by atomic mass is 10.3. The summed E-state index contributed by atoms with van der Waals surface area (Å²) < 4.78 is 5.00. The summed E-state index contributed by atoms with van der Waals surface area (Å²) in [6, 6.07) is 0. The van der Waals surface area contributed by atoms with Crippen molar-refractivity contribution in [3.05, 3.63) is 12.2 Å². The van der Waals surface area contributed by atoms with E-state index in [0.717, 1.165) is 12.8 Å². The molecule has 0 spiro atoms. The number of rotatable bonds is 5. The van der Waals surface area contributed by atoms with Crippen LogP contribution in [-0.2, 0) is 4.74 Å². The highest BCUT2D eigenvalue weighted by molar-refractivity contribution is 4.91. The van der Waals surface area contributed by atoms with Gasteiger partial charge in [-0.15, -0.1) is 0 Å². The number of ether oxygens (including phenoxy) is 1. The first-order valence-electron chi connectivity index (χ1n) is 3.63. The molecule has 1 atom stereocenters. The van der Waals surface area contributed by atoms with Crippen LogP contribution in [0, 0.1) is 0 Å². The van der Waals surface area contributed by atoms with Crippen LogP contribution >= 0.6 is 0 Å². The molecule has 0 saturated heterocycles. The topological polar surface area (TPSA) is 29.5 Å². The van der Waals surface area contributed by atoms with E-state index in [0.29, 0.717) is 12.2 Å². The molecule has 0 aromatic rings. The minimum atomic E-state index is -0.772. The van der Waals surface area contributed by atoms with Crippen molar-refractivity contribution in [1.29, 1.82) is 0 Å². The summed E-state index contributed by atoms with van der Waals surface area (Å²) in [5.41, 5.74) is 0.663. The molecule has 0 unspecified atom stereocenters. The zero-order valence-corrected chi connectivity index (χ0v) is 6.76. The summed E-state index contributed by atoms with van der Waals surface area (Å²) in [7, 11) is 0. The Kier molecular flexibility index (Phi) is 5.26. The Morgan fingerprint density at radius 2 is 2.30 bits per heavy atom. The van der Waals surface area contributed by atoms with Gasteiger partial charge >= 0.3 is 0 Å². The Labute approximate surface area is 62.5 Å². The van der Waals surface area contributed by atoms with E-state index in [1.165, 1.54) is 0 Å². The predicted octanol–water partition coefficient (Wildman–Crippen LogP) is 1.70. The SMILES string of the molecule is C=C(C)[C@H](O)OCCCC.